The van der Waals surface area contributed by atoms with E-state index in [1.54, 1.807) is 35.6 Å². The van der Waals surface area contributed by atoms with Crippen molar-refractivity contribution in [2.75, 3.05) is 6.54 Å². The minimum atomic E-state index is -3.53. The first-order valence-corrected chi connectivity index (χ1v) is 11.0. The van der Waals surface area contributed by atoms with E-state index in [2.05, 4.69) is 9.82 Å². The van der Waals surface area contributed by atoms with E-state index in [-0.39, 0.29) is 18.3 Å². The number of benzene rings is 1. The van der Waals surface area contributed by atoms with Crippen LogP contribution in [0.4, 0.5) is 0 Å². The Kier molecular flexibility index (Phi) is 5.82. The van der Waals surface area contributed by atoms with Crippen LogP contribution in [0.5, 0.6) is 0 Å². The third-order valence-corrected chi connectivity index (χ3v) is 6.65. The summed E-state index contributed by atoms with van der Waals surface area (Å²) >= 11 is 7.67. The van der Waals surface area contributed by atoms with E-state index in [4.69, 9.17) is 11.6 Å². The lowest BCUT2D eigenvalue weighted by atomic mass is 10.2. The molecule has 26 heavy (non-hydrogen) atoms. The molecule has 0 spiro atoms. The molecule has 2 heterocycles. The molecule has 0 aliphatic rings. The second-order valence-electron chi connectivity index (χ2n) is 6.10. The van der Waals surface area contributed by atoms with Crippen molar-refractivity contribution < 1.29 is 8.42 Å². The molecule has 0 fully saturated rings. The molecule has 0 aliphatic heterocycles. The molecule has 138 valence electrons. The van der Waals surface area contributed by atoms with Crippen molar-refractivity contribution >= 4 is 33.0 Å². The maximum Gasteiger partial charge on any atom is 0.215 e. The quantitative estimate of drug-likeness (QED) is 0.643. The molecule has 0 bridgehead atoms. The molecule has 1 atom stereocenters. The number of hydrogen-bond donors (Lipinski definition) is 1. The lowest BCUT2D eigenvalue weighted by molar-refractivity contribution is 0.499. The van der Waals surface area contributed by atoms with E-state index in [9.17, 15) is 8.42 Å². The highest BCUT2D eigenvalue weighted by Gasteiger charge is 2.21. The zero-order valence-corrected chi connectivity index (χ0v) is 16.9. The summed E-state index contributed by atoms with van der Waals surface area (Å²) in [6.07, 6.45) is 0. The van der Waals surface area contributed by atoms with Crippen molar-refractivity contribution in [3.05, 3.63) is 74.7 Å². The third-order valence-electron chi connectivity index (χ3n) is 4.01. The third kappa shape index (κ3) is 4.54. The van der Waals surface area contributed by atoms with Crippen molar-refractivity contribution in [1.29, 1.82) is 0 Å². The van der Waals surface area contributed by atoms with Gasteiger partial charge in [-0.25, -0.2) is 13.1 Å². The number of aromatic nitrogens is 2. The minimum Gasteiger partial charge on any atom is -0.260 e. The van der Waals surface area contributed by atoms with Gasteiger partial charge in [0.25, 0.3) is 0 Å². The second-order valence-corrected chi connectivity index (χ2v) is 9.30. The van der Waals surface area contributed by atoms with E-state index in [1.807, 2.05) is 42.1 Å². The van der Waals surface area contributed by atoms with Crippen LogP contribution in [-0.2, 0) is 15.8 Å². The minimum absolute atomic E-state index is 0.152. The second kappa shape index (κ2) is 7.92. The van der Waals surface area contributed by atoms with Gasteiger partial charge in [-0.05, 0) is 43.0 Å². The molecule has 5 nitrogen and oxygen atoms in total. The monoisotopic (exact) mass is 409 g/mol. The fourth-order valence-corrected chi connectivity index (χ4v) is 5.10. The summed E-state index contributed by atoms with van der Waals surface area (Å²) in [4.78, 5) is 1.05. The average molecular weight is 410 g/mol. The molecule has 1 aromatic carbocycles. The molecule has 0 unspecified atom stereocenters. The summed E-state index contributed by atoms with van der Waals surface area (Å²) in [5.74, 6) is -0.152. The first-order valence-electron chi connectivity index (χ1n) is 8.12. The zero-order valence-electron chi connectivity index (χ0n) is 14.5. The Hall–Kier alpha value is -1.67. The van der Waals surface area contributed by atoms with E-state index in [0.717, 1.165) is 16.3 Å². The van der Waals surface area contributed by atoms with Gasteiger partial charge in [-0.3, -0.25) is 4.68 Å². The molecule has 1 N–H and O–H groups in total. The van der Waals surface area contributed by atoms with E-state index < -0.39 is 10.0 Å². The molecule has 0 aliphatic carbocycles. The molecule has 0 saturated heterocycles. The number of thiophene rings is 1. The lowest BCUT2D eigenvalue weighted by Crippen LogP contribution is -2.32. The average Bonchev–Trinajstić information content (AvgIpc) is 3.20. The topological polar surface area (TPSA) is 64.0 Å². The van der Waals surface area contributed by atoms with Crippen molar-refractivity contribution in [3.63, 3.8) is 0 Å². The Labute approximate surface area is 162 Å². The van der Waals surface area contributed by atoms with Gasteiger partial charge in [-0.1, -0.05) is 35.9 Å². The Morgan fingerprint density at radius 1 is 1.23 bits per heavy atom. The fraction of sp³-hybridized carbons (Fsp3) is 0.278. The van der Waals surface area contributed by atoms with Crippen LogP contribution in [0, 0.1) is 13.8 Å². The Bertz CT molecular complexity index is 982. The van der Waals surface area contributed by atoms with Gasteiger partial charge in [0.15, 0.2) is 0 Å². The van der Waals surface area contributed by atoms with Crippen molar-refractivity contribution in [2.24, 2.45) is 0 Å². The van der Waals surface area contributed by atoms with Crippen LogP contribution < -0.4 is 4.72 Å². The maximum atomic E-state index is 12.6. The van der Waals surface area contributed by atoms with Crippen LogP contribution in [0.3, 0.4) is 0 Å². The highest BCUT2D eigenvalue weighted by Crippen LogP contribution is 2.25. The molecular weight excluding hydrogens is 390 g/mol. The van der Waals surface area contributed by atoms with Gasteiger partial charge in [0.05, 0.1) is 17.5 Å². The van der Waals surface area contributed by atoms with Gasteiger partial charge in [0.2, 0.25) is 10.0 Å². The van der Waals surface area contributed by atoms with Gasteiger partial charge >= 0.3 is 0 Å². The largest absolute Gasteiger partial charge is 0.260 e. The van der Waals surface area contributed by atoms with Gasteiger partial charge in [0, 0.05) is 22.1 Å². The molecular formula is C18H20ClN3O2S2. The van der Waals surface area contributed by atoms with Crippen molar-refractivity contribution in [1.82, 2.24) is 14.5 Å². The molecule has 8 heteroatoms. The lowest BCUT2D eigenvalue weighted by Gasteiger charge is -2.19. The van der Waals surface area contributed by atoms with Crippen molar-refractivity contribution in [2.45, 2.75) is 25.6 Å². The van der Waals surface area contributed by atoms with Gasteiger partial charge < -0.3 is 0 Å². The Morgan fingerprint density at radius 3 is 2.62 bits per heavy atom. The van der Waals surface area contributed by atoms with Gasteiger partial charge in [-0.15, -0.1) is 11.3 Å². The molecule has 0 radical (unpaired) electrons. The number of nitrogens with one attached hydrogen (secondary N) is 1. The SMILES string of the molecule is Cc1cc(C)n([C@H](CNS(=O)(=O)Cc2ccccc2Cl)c2cccs2)n1. The first kappa shape index (κ1) is 19.1. The molecule has 3 aromatic rings. The molecule has 0 amide bonds. The number of rotatable bonds is 7. The number of aryl methyl sites for hydroxylation is 2. The van der Waals surface area contributed by atoms with Crippen LogP contribution in [0.25, 0.3) is 0 Å². The van der Waals surface area contributed by atoms with E-state index in [1.165, 1.54) is 0 Å². The Balaban J connectivity index is 1.80. The van der Waals surface area contributed by atoms with Crippen LogP contribution in [0.1, 0.15) is 27.9 Å². The van der Waals surface area contributed by atoms with Gasteiger partial charge in [0.1, 0.15) is 0 Å². The fourth-order valence-electron chi connectivity index (χ4n) is 2.83. The Morgan fingerprint density at radius 2 is 2.00 bits per heavy atom. The number of sulfonamides is 1. The normalized spacial score (nSPS) is 13.0. The summed E-state index contributed by atoms with van der Waals surface area (Å²) in [6, 6.07) is 12.7. The predicted octanol–water partition coefficient (Wildman–Crippen LogP) is 3.92. The number of halogens is 1. The maximum absolute atomic E-state index is 12.6. The summed E-state index contributed by atoms with van der Waals surface area (Å²) in [5.41, 5.74) is 2.48. The van der Waals surface area contributed by atoms with E-state index >= 15 is 0 Å². The van der Waals surface area contributed by atoms with Crippen LogP contribution >= 0.6 is 22.9 Å². The first-order chi connectivity index (χ1) is 12.4. The summed E-state index contributed by atoms with van der Waals surface area (Å²) in [6.45, 7) is 4.13. The summed E-state index contributed by atoms with van der Waals surface area (Å²) in [5, 5.41) is 6.96. The molecule has 3 rings (SSSR count). The van der Waals surface area contributed by atoms with Crippen LogP contribution in [0.2, 0.25) is 5.02 Å². The highest BCUT2D eigenvalue weighted by molar-refractivity contribution is 7.88. The predicted molar refractivity (Wildman–Crippen MR) is 106 cm³/mol. The van der Waals surface area contributed by atoms with Crippen LogP contribution in [0.15, 0.2) is 47.8 Å². The smallest absolute Gasteiger partial charge is 0.215 e. The molecule has 0 saturated carbocycles. The highest BCUT2D eigenvalue weighted by atomic mass is 35.5. The number of nitrogens with zero attached hydrogens (tertiary/aromatic N) is 2. The summed E-state index contributed by atoms with van der Waals surface area (Å²) < 4.78 is 29.7. The zero-order chi connectivity index (χ0) is 18.7. The van der Waals surface area contributed by atoms with Crippen molar-refractivity contribution in [3.8, 4) is 0 Å². The number of hydrogen-bond acceptors (Lipinski definition) is 4. The van der Waals surface area contributed by atoms with E-state index in [0.29, 0.717) is 10.6 Å². The van der Waals surface area contributed by atoms with Crippen LogP contribution in [-0.4, -0.2) is 24.7 Å². The summed E-state index contributed by atoms with van der Waals surface area (Å²) in [7, 11) is -3.53. The standard InChI is InChI=1S/C18H20ClN3O2S2/c1-13-10-14(2)22(21-13)17(18-8-5-9-25-18)11-20-26(23,24)12-15-6-3-4-7-16(15)19/h3-10,17,20H,11-12H2,1-2H3/t17-/m1/s1. The van der Waals surface area contributed by atoms with Gasteiger partial charge in [-0.2, -0.15) is 5.10 Å². The molecule has 2 aromatic heterocycles.